The van der Waals surface area contributed by atoms with E-state index in [4.69, 9.17) is 4.42 Å². The van der Waals surface area contributed by atoms with Crippen molar-refractivity contribution in [2.24, 2.45) is 0 Å². The fourth-order valence-corrected chi connectivity index (χ4v) is 3.78. The van der Waals surface area contributed by atoms with E-state index in [0.717, 1.165) is 10.7 Å². The van der Waals surface area contributed by atoms with Gasteiger partial charge in [0.1, 0.15) is 17.4 Å². The lowest BCUT2D eigenvalue weighted by Crippen LogP contribution is -2.41. The fourth-order valence-electron chi connectivity index (χ4n) is 3.78. The van der Waals surface area contributed by atoms with E-state index in [1.54, 1.807) is 25.2 Å². The van der Waals surface area contributed by atoms with Crippen molar-refractivity contribution < 1.29 is 23.2 Å². The summed E-state index contributed by atoms with van der Waals surface area (Å²) >= 11 is 0. The van der Waals surface area contributed by atoms with Gasteiger partial charge in [-0.25, -0.2) is 18.7 Å². The summed E-state index contributed by atoms with van der Waals surface area (Å²) in [5, 5.41) is 9.08. The first-order valence-corrected chi connectivity index (χ1v) is 10.3. The summed E-state index contributed by atoms with van der Waals surface area (Å²) in [5.41, 5.74) is 0.875. The van der Waals surface area contributed by atoms with Crippen LogP contribution in [-0.2, 0) is 11.3 Å². The number of aromatic amines is 1. The SMILES string of the molecule is CN1CC[C@H](NC(=O)c2cc(C(=O)NCc3ccc4oc(=O)[nH]c4c3)nc3c(F)cnn23)C1=O. The number of likely N-dealkylation sites (tertiary alicyclic amines) is 1. The quantitative estimate of drug-likeness (QED) is 0.379. The number of nitrogens with one attached hydrogen (secondary N) is 3. The van der Waals surface area contributed by atoms with Crippen LogP contribution < -0.4 is 16.4 Å². The van der Waals surface area contributed by atoms with Gasteiger partial charge in [0.25, 0.3) is 11.8 Å². The number of carbonyl (C=O) groups is 3. The van der Waals surface area contributed by atoms with Crippen molar-refractivity contribution in [2.75, 3.05) is 13.6 Å². The van der Waals surface area contributed by atoms with Gasteiger partial charge in [-0.3, -0.25) is 19.4 Å². The first-order chi connectivity index (χ1) is 16.3. The molecule has 0 spiro atoms. The molecule has 3 N–H and O–H groups in total. The minimum absolute atomic E-state index is 0.0705. The highest BCUT2D eigenvalue weighted by molar-refractivity contribution is 6.00. The third-order valence-electron chi connectivity index (χ3n) is 5.56. The molecule has 1 aliphatic heterocycles. The molecule has 3 amide bonds. The monoisotopic (exact) mass is 467 g/mol. The van der Waals surface area contributed by atoms with E-state index in [9.17, 15) is 23.6 Å². The molecule has 13 heteroatoms. The molecule has 0 saturated carbocycles. The standard InChI is InChI=1S/C21H18FN7O5/c1-28-5-4-12(20(28)32)26-19(31)15-7-14(25-17-11(22)9-24-29(15)17)18(30)23-8-10-2-3-16-13(6-10)27-21(33)34-16/h2-3,6-7,9,12H,4-5,8H2,1H3,(H,23,30)(H,26,31)(H,27,33)/t12-/m0/s1. The molecular formula is C21H18FN7O5. The fraction of sp³-hybridized carbons (Fsp3) is 0.238. The van der Waals surface area contributed by atoms with Gasteiger partial charge in [0.05, 0.1) is 11.7 Å². The molecule has 0 radical (unpaired) electrons. The Morgan fingerprint density at radius 3 is 2.85 bits per heavy atom. The number of benzene rings is 1. The van der Waals surface area contributed by atoms with Crippen LogP contribution in [0.25, 0.3) is 16.7 Å². The van der Waals surface area contributed by atoms with Crippen molar-refractivity contribution in [3.05, 3.63) is 63.8 Å². The van der Waals surface area contributed by atoms with E-state index < -0.39 is 29.4 Å². The number of H-pyrrole nitrogens is 1. The van der Waals surface area contributed by atoms with Gasteiger partial charge >= 0.3 is 5.76 Å². The zero-order valence-electron chi connectivity index (χ0n) is 17.8. The Bertz CT molecular complexity index is 1520. The van der Waals surface area contributed by atoms with Gasteiger partial charge in [0.2, 0.25) is 5.91 Å². The predicted octanol–water partition coefficient (Wildman–Crippen LogP) is 0.193. The van der Waals surface area contributed by atoms with Crippen LogP contribution in [0.1, 0.15) is 33.0 Å². The maximum Gasteiger partial charge on any atom is 0.417 e. The molecular weight excluding hydrogens is 449 g/mol. The van der Waals surface area contributed by atoms with Gasteiger partial charge in [-0.15, -0.1) is 0 Å². The second-order valence-corrected chi connectivity index (χ2v) is 7.86. The highest BCUT2D eigenvalue weighted by Crippen LogP contribution is 2.15. The number of aromatic nitrogens is 4. The van der Waals surface area contributed by atoms with E-state index >= 15 is 0 Å². The number of likely N-dealkylation sites (N-methyl/N-ethyl adjacent to an activating group) is 1. The summed E-state index contributed by atoms with van der Waals surface area (Å²) < 4.78 is 20.2. The zero-order valence-corrected chi connectivity index (χ0v) is 17.8. The number of oxazole rings is 1. The Labute approximate surface area is 189 Å². The van der Waals surface area contributed by atoms with Gasteiger partial charge in [0, 0.05) is 26.2 Å². The molecule has 4 aromatic rings. The van der Waals surface area contributed by atoms with Crippen molar-refractivity contribution >= 4 is 34.5 Å². The van der Waals surface area contributed by atoms with Crippen LogP contribution in [0.4, 0.5) is 4.39 Å². The lowest BCUT2D eigenvalue weighted by Gasteiger charge is -2.13. The van der Waals surface area contributed by atoms with Crippen molar-refractivity contribution in [1.82, 2.24) is 35.1 Å². The van der Waals surface area contributed by atoms with E-state index in [0.29, 0.717) is 29.6 Å². The lowest BCUT2D eigenvalue weighted by atomic mass is 10.2. The van der Waals surface area contributed by atoms with E-state index in [1.165, 1.54) is 11.0 Å². The number of halogens is 1. The Hall–Kier alpha value is -4.55. The number of hydrogen-bond donors (Lipinski definition) is 3. The molecule has 174 valence electrons. The number of rotatable bonds is 5. The van der Waals surface area contributed by atoms with Crippen LogP contribution >= 0.6 is 0 Å². The summed E-state index contributed by atoms with van der Waals surface area (Å²) in [6.45, 7) is 0.569. The second kappa shape index (κ2) is 8.10. The van der Waals surface area contributed by atoms with Crippen molar-refractivity contribution in [1.29, 1.82) is 0 Å². The Kier molecular flexibility index (Phi) is 5.07. The predicted molar refractivity (Wildman–Crippen MR) is 114 cm³/mol. The van der Waals surface area contributed by atoms with Crippen LogP contribution in [0, 0.1) is 5.82 Å². The molecule has 1 aliphatic rings. The van der Waals surface area contributed by atoms with Crippen LogP contribution in [0.15, 0.2) is 39.7 Å². The minimum Gasteiger partial charge on any atom is -0.408 e. The first kappa shape index (κ1) is 21.3. The summed E-state index contributed by atoms with van der Waals surface area (Å²) in [5.74, 6) is -2.98. The van der Waals surface area contributed by atoms with E-state index in [2.05, 4.69) is 25.7 Å². The van der Waals surface area contributed by atoms with Crippen molar-refractivity contribution in [2.45, 2.75) is 19.0 Å². The molecule has 34 heavy (non-hydrogen) atoms. The van der Waals surface area contributed by atoms with E-state index in [1.807, 2.05) is 0 Å². The van der Waals surface area contributed by atoms with Crippen LogP contribution in [0.5, 0.6) is 0 Å². The third kappa shape index (κ3) is 3.76. The summed E-state index contributed by atoms with van der Waals surface area (Å²) in [6, 6.07) is 5.36. The van der Waals surface area contributed by atoms with Crippen LogP contribution in [-0.4, -0.2) is 61.8 Å². The average Bonchev–Trinajstić information content (AvgIpc) is 3.48. The van der Waals surface area contributed by atoms with Crippen LogP contribution in [0.2, 0.25) is 0 Å². The summed E-state index contributed by atoms with van der Waals surface area (Å²) in [6.07, 6.45) is 1.32. The van der Waals surface area contributed by atoms with Gasteiger partial charge in [-0.05, 0) is 24.1 Å². The molecule has 1 saturated heterocycles. The molecule has 1 atom stereocenters. The topological polar surface area (TPSA) is 155 Å². The van der Waals surface area contributed by atoms with Gasteiger partial charge in [-0.1, -0.05) is 6.07 Å². The first-order valence-electron chi connectivity index (χ1n) is 10.3. The molecule has 0 unspecified atom stereocenters. The summed E-state index contributed by atoms with van der Waals surface area (Å²) in [4.78, 5) is 57.1. The van der Waals surface area contributed by atoms with Crippen molar-refractivity contribution in [3.8, 4) is 0 Å². The maximum absolute atomic E-state index is 14.2. The normalized spacial score (nSPS) is 15.9. The highest BCUT2D eigenvalue weighted by Gasteiger charge is 2.31. The molecule has 12 nitrogen and oxygen atoms in total. The lowest BCUT2D eigenvalue weighted by molar-refractivity contribution is -0.128. The molecule has 1 aromatic carbocycles. The van der Waals surface area contributed by atoms with Gasteiger partial charge in [0.15, 0.2) is 17.0 Å². The molecule has 5 rings (SSSR count). The van der Waals surface area contributed by atoms with Crippen molar-refractivity contribution in [3.63, 3.8) is 0 Å². The Morgan fingerprint density at radius 1 is 1.26 bits per heavy atom. The molecule has 1 fully saturated rings. The number of fused-ring (bicyclic) bond motifs is 2. The molecule has 0 aliphatic carbocycles. The van der Waals surface area contributed by atoms with Crippen LogP contribution in [0.3, 0.4) is 0 Å². The third-order valence-corrected chi connectivity index (χ3v) is 5.56. The Balaban J connectivity index is 1.39. The van der Waals surface area contributed by atoms with E-state index in [-0.39, 0.29) is 29.5 Å². The number of hydrogen-bond acceptors (Lipinski definition) is 7. The minimum atomic E-state index is -0.810. The average molecular weight is 467 g/mol. The maximum atomic E-state index is 14.2. The Morgan fingerprint density at radius 2 is 2.09 bits per heavy atom. The van der Waals surface area contributed by atoms with Gasteiger partial charge in [-0.2, -0.15) is 5.10 Å². The highest BCUT2D eigenvalue weighted by atomic mass is 19.1. The molecule has 4 heterocycles. The van der Waals surface area contributed by atoms with Gasteiger partial charge < -0.3 is 20.0 Å². The largest absolute Gasteiger partial charge is 0.417 e. The zero-order chi connectivity index (χ0) is 24.0. The second-order valence-electron chi connectivity index (χ2n) is 7.86. The molecule has 3 aromatic heterocycles. The number of nitrogens with zero attached hydrogens (tertiary/aromatic N) is 4. The smallest absolute Gasteiger partial charge is 0.408 e. The summed E-state index contributed by atoms with van der Waals surface area (Å²) in [7, 11) is 1.63. The number of carbonyl (C=O) groups excluding carboxylic acids is 3. The number of amides is 3. The molecule has 0 bridgehead atoms.